The van der Waals surface area contributed by atoms with Crippen molar-refractivity contribution < 1.29 is 43.3 Å². The second-order valence-corrected chi connectivity index (χ2v) is 15.0. The Kier molecular flexibility index (Phi) is 17.4. The number of esters is 2. The molecule has 6 aromatic carbocycles. The molecular formula is C50H51BrN4O9. The molecule has 0 unspecified atom stereocenters. The lowest BCUT2D eigenvalue weighted by Crippen LogP contribution is -2.32. The van der Waals surface area contributed by atoms with Crippen LogP contribution in [0.25, 0.3) is 0 Å². The Bertz CT molecular complexity index is 2330. The first kappa shape index (κ1) is 46.5. The molecule has 0 saturated heterocycles. The maximum atomic E-state index is 11.7. The highest BCUT2D eigenvalue weighted by molar-refractivity contribution is 9.08. The Morgan fingerprint density at radius 1 is 0.594 bits per heavy atom. The number of halogens is 1. The Hall–Kier alpha value is -7.03. The molecule has 0 radical (unpaired) electrons. The van der Waals surface area contributed by atoms with Crippen LogP contribution in [0.15, 0.2) is 146 Å². The molecule has 64 heavy (non-hydrogen) atoms. The summed E-state index contributed by atoms with van der Waals surface area (Å²) in [6, 6.07) is 46.4. The van der Waals surface area contributed by atoms with E-state index >= 15 is 0 Å². The fraction of sp³-hybridized carbons (Fsp3) is 0.220. The Balaban J connectivity index is 0.000000149. The van der Waals surface area contributed by atoms with Crippen LogP contribution in [0.3, 0.4) is 0 Å². The average Bonchev–Trinajstić information content (AvgIpc) is 3.37. The summed E-state index contributed by atoms with van der Waals surface area (Å²) in [7, 11) is 2.76. The summed E-state index contributed by atoms with van der Waals surface area (Å²) in [4.78, 5) is 38.8. The molecule has 0 spiro atoms. The van der Waals surface area contributed by atoms with Gasteiger partial charge in [0.15, 0.2) is 0 Å². The Morgan fingerprint density at radius 2 is 1.03 bits per heavy atom. The SMILES string of the molecule is BrCc1ccccc1.COC(=O)c1ccc2c(c1)N(Cc1ccccc1)CCO2.COC(=O)c1ccc2c(c1)NCCO2.O=C(NO)c1ccc2c(c1)N(Cc1ccccc1)CCO2. The fourth-order valence-corrected chi connectivity index (χ4v) is 7.26. The van der Waals surface area contributed by atoms with Crippen molar-refractivity contribution in [3.63, 3.8) is 0 Å². The van der Waals surface area contributed by atoms with E-state index in [9.17, 15) is 14.4 Å². The predicted molar refractivity (Wildman–Crippen MR) is 250 cm³/mol. The van der Waals surface area contributed by atoms with Crippen molar-refractivity contribution in [2.45, 2.75) is 18.4 Å². The quantitative estimate of drug-likeness (QED) is 0.0580. The molecule has 1 amide bonds. The van der Waals surface area contributed by atoms with E-state index in [4.69, 9.17) is 24.2 Å². The summed E-state index contributed by atoms with van der Waals surface area (Å²) in [5.41, 5.74) is 9.53. The minimum Gasteiger partial charge on any atom is -0.490 e. The second-order valence-electron chi connectivity index (χ2n) is 14.4. The number of carbonyl (C=O) groups is 3. The van der Waals surface area contributed by atoms with E-state index in [-0.39, 0.29) is 11.9 Å². The van der Waals surface area contributed by atoms with E-state index < -0.39 is 5.91 Å². The van der Waals surface area contributed by atoms with E-state index in [2.05, 4.69) is 72.2 Å². The van der Waals surface area contributed by atoms with Gasteiger partial charge in [0, 0.05) is 30.5 Å². The molecule has 3 N–H and O–H groups in total. The van der Waals surface area contributed by atoms with Crippen LogP contribution >= 0.6 is 15.9 Å². The minimum absolute atomic E-state index is 0.331. The molecule has 14 heteroatoms. The van der Waals surface area contributed by atoms with E-state index in [1.54, 1.807) is 47.9 Å². The van der Waals surface area contributed by atoms with Gasteiger partial charge in [0.05, 0.1) is 55.5 Å². The molecule has 332 valence electrons. The molecule has 0 saturated carbocycles. The molecule has 3 aliphatic rings. The van der Waals surface area contributed by atoms with Gasteiger partial charge in [-0.25, -0.2) is 15.1 Å². The predicted octanol–water partition coefficient (Wildman–Crippen LogP) is 8.94. The van der Waals surface area contributed by atoms with Crippen molar-refractivity contribution in [2.24, 2.45) is 0 Å². The van der Waals surface area contributed by atoms with Crippen LogP contribution < -0.4 is 34.8 Å². The lowest BCUT2D eigenvalue weighted by molar-refractivity contribution is 0.0592. The van der Waals surface area contributed by atoms with E-state index in [0.29, 0.717) is 36.5 Å². The molecule has 0 aromatic heterocycles. The number of benzene rings is 6. The summed E-state index contributed by atoms with van der Waals surface area (Å²) in [5, 5.41) is 12.9. The highest BCUT2D eigenvalue weighted by Gasteiger charge is 2.22. The molecule has 0 aliphatic carbocycles. The number of amides is 1. The van der Waals surface area contributed by atoms with E-state index in [1.807, 2.05) is 66.7 Å². The Labute approximate surface area is 381 Å². The summed E-state index contributed by atoms with van der Waals surface area (Å²) in [6.07, 6.45) is 0. The zero-order chi connectivity index (χ0) is 45.1. The molecule has 6 aromatic rings. The summed E-state index contributed by atoms with van der Waals surface area (Å²) < 4.78 is 26.1. The average molecular weight is 932 g/mol. The van der Waals surface area contributed by atoms with Gasteiger partial charge in [0.1, 0.15) is 37.1 Å². The van der Waals surface area contributed by atoms with Crippen molar-refractivity contribution in [1.29, 1.82) is 0 Å². The van der Waals surface area contributed by atoms with Gasteiger partial charge in [-0.1, -0.05) is 107 Å². The number of anilines is 3. The van der Waals surface area contributed by atoms with Crippen molar-refractivity contribution in [3.8, 4) is 17.2 Å². The fourth-order valence-electron chi connectivity index (χ4n) is 6.88. The van der Waals surface area contributed by atoms with Crippen LogP contribution in [0.1, 0.15) is 47.8 Å². The van der Waals surface area contributed by atoms with Gasteiger partial charge in [-0.2, -0.15) is 0 Å². The zero-order valence-electron chi connectivity index (χ0n) is 35.7. The van der Waals surface area contributed by atoms with Gasteiger partial charge >= 0.3 is 11.9 Å². The summed E-state index contributed by atoms with van der Waals surface area (Å²) >= 11 is 3.36. The number of ether oxygens (including phenoxy) is 5. The topological polar surface area (TPSA) is 148 Å². The molecule has 9 rings (SSSR count). The molecule has 3 heterocycles. The van der Waals surface area contributed by atoms with Gasteiger partial charge < -0.3 is 38.8 Å². The normalized spacial score (nSPS) is 12.8. The summed E-state index contributed by atoms with van der Waals surface area (Å²) in [6.45, 7) is 5.78. The van der Waals surface area contributed by atoms with Crippen LogP contribution in [0, 0.1) is 0 Å². The van der Waals surface area contributed by atoms with Crippen molar-refractivity contribution >= 4 is 50.8 Å². The molecular weight excluding hydrogens is 880 g/mol. The first-order chi connectivity index (χ1) is 31.3. The number of nitrogens with one attached hydrogen (secondary N) is 2. The number of hydrogen-bond acceptors (Lipinski definition) is 12. The molecule has 0 bridgehead atoms. The lowest BCUT2D eigenvalue weighted by Gasteiger charge is -2.31. The third kappa shape index (κ3) is 13.0. The van der Waals surface area contributed by atoms with Gasteiger partial charge in [-0.05, 0) is 71.3 Å². The third-order valence-electron chi connectivity index (χ3n) is 10.1. The first-order valence-corrected chi connectivity index (χ1v) is 21.8. The number of methoxy groups -OCH3 is 2. The lowest BCUT2D eigenvalue weighted by atomic mass is 10.1. The number of carbonyl (C=O) groups excluding carboxylic acids is 3. The van der Waals surface area contributed by atoms with Crippen molar-refractivity contribution in [2.75, 3.05) is 68.8 Å². The minimum atomic E-state index is -0.525. The maximum absolute atomic E-state index is 11.7. The summed E-state index contributed by atoms with van der Waals surface area (Å²) in [5.74, 6) is 1.16. The monoisotopic (exact) mass is 930 g/mol. The number of rotatable bonds is 8. The van der Waals surface area contributed by atoms with Gasteiger partial charge in [-0.15, -0.1) is 0 Å². The van der Waals surface area contributed by atoms with Crippen molar-refractivity contribution in [1.82, 2.24) is 5.48 Å². The van der Waals surface area contributed by atoms with Gasteiger partial charge in [-0.3, -0.25) is 10.0 Å². The Morgan fingerprint density at radius 3 is 1.50 bits per heavy atom. The third-order valence-corrected chi connectivity index (χ3v) is 10.8. The second kappa shape index (κ2) is 24.0. The van der Waals surface area contributed by atoms with Crippen LogP contribution in [0.4, 0.5) is 17.1 Å². The van der Waals surface area contributed by atoms with E-state index in [1.165, 1.54) is 30.9 Å². The number of alkyl halides is 1. The largest absolute Gasteiger partial charge is 0.490 e. The van der Waals surface area contributed by atoms with Gasteiger partial charge in [0.2, 0.25) is 0 Å². The van der Waals surface area contributed by atoms with Crippen LogP contribution in [-0.4, -0.2) is 76.7 Å². The smallest absolute Gasteiger partial charge is 0.337 e. The number of nitrogens with zero attached hydrogens (tertiary/aromatic N) is 2. The van der Waals surface area contributed by atoms with Crippen LogP contribution in [0.2, 0.25) is 0 Å². The molecule has 0 atom stereocenters. The molecule has 0 fully saturated rings. The number of fused-ring (bicyclic) bond motifs is 3. The van der Waals surface area contributed by atoms with Crippen LogP contribution in [-0.2, 0) is 27.9 Å². The standard InChI is InChI=1S/C17H17NO3.C16H16N2O3.C10H11NO3.C7H7Br/c1-20-17(19)14-7-8-16-15(11-14)18(9-10-21-16)12-13-5-3-2-4-6-13;19-16(17-20)13-6-7-15-14(10-13)18(8-9-21-15)11-12-4-2-1-3-5-12;1-13-10(12)7-2-3-9-8(6-7)11-4-5-14-9;8-6-7-4-2-1-3-5-7/h2-8,11H,9-10,12H2,1H3;1-7,10,20H,8-9,11H2,(H,17,19);2-3,6,11H,4-5H2,1H3;1-5H,6H2. The number of hydrogen-bond donors (Lipinski definition) is 3. The van der Waals surface area contributed by atoms with Crippen LogP contribution in [0.5, 0.6) is 17.2 Å². The number of hydroxylamine groups is 1. The first-order valence-electron chi connectivity index (χ1n) is 20.6. The molecule has 13 nitrogen and oxygen atoms in total. The molecule has 3 aliphatic heterocycles. The maximum Gasteiger partial charge on any atom is 0.337 e. The van der Waals surface area contributed by atoms with Crippen molar-refractivity contribution in [3.05, 3.63) is 179 Å². The van der Waals surface area contributed by atoms with E-state index in [0.717, 1.165) is 72.4 Å². The highest BCUT2D eigenvalue weighted by Crippen LogP contribution is 2.35. The zero-order valence-corrected chi connectivity index (χ0v) is 37.3. The van der Waals surface area contributed by atoms with Gasteiger partial charge in [0.25, 0.3) is 5.91 Å². The highest BCUT2D eigenvalue weighted by atomic mass is 79.9.